The molecular formula is C36H38Cl2N6O4. The fraction of sp³-hybridized carbons (Fsp3) is 0.250. The summed E-state index contributed by atoms with van der Waals surface area (Å²) < 4.78 is 11.1. The summed E-state index contributed by atoms with van der Waals surface area (Å²) in [7, 11) is 5.44. The summed E-state index contributed by atoms with van der Waals surface area (Å²) in [5.74, 6) is 1.57. The number of hydrogen-bond acceptors (Lipinski definition) is 8. The molecule has 2 amide bonds. The van der Waals surface area contributed by atoms with Gasteiger partial charge in [-0.15, -0.1) is 23.2 Å². The number of pyridine rings is 1. The van der Waals surface area contributed by atoms with E-state index in [0.717, 1.165) is 34.2 Å². The van der Waals surface area contributed by atoms with E-state index in [9.17, 15) is 9.59 Å². The van der Waals surface area contributed by atoms with Gasteiger partial charge in [0.15, 0.2) is 0 Å². The number of likely N-dealkylation sites (N-methyl/N-ethyl adjacent to an activating group) is 1. The summed E-state index contributed by atoms with van der Waals surface area (Å²) in [6.45, 7) is 2.53. The smallest absolute Gasteiger partial charge is 0.417 e. The molecule has 0 atom stereocenters. The lowest BCUT2D eigenvalue weighted by atomic mass is 10.0. The van der Waals surface area contributed by atoms with Gasteiger partial charge >= 0.3 is 6.09 Å². The molecule has 5 rings (SSSR count). The van der Waals surface area contributed by atoms with Gasteiger partial charge in [0.2, 0.25) is 0 Å². The molecule has 48 heavy (non-hydrogen) atoms. The molecule has 0 radical (unpaired) electrons. The fourth-order valence-electron chi connectivity index (χ4n) is 5.29. The van der Waals surface area contributed by atoms with Crippen LogP contribution in [0, 0.1) is 0 Å². The van der Waals surface area contributed by atoms with Crippen LogP contribution >= 0.6 is 23.2 Å². The highest BCUT2D eigenvalue weighted by molar-refractivity contribution is 6.18. The molecule has 0 aliphatic carbocycles. The summed E-state index contributed by atoms with van der Waals surface area (Å²) >= 11 is 11.9. The number of methoxy groups -OCH3 is 1. The highest BCUT2D eigenvalue weighted by Crippen LogP contribution is 2.36. The van der Waals surface area contributed by atoms with Gasteiger partial charge in [-0.25, -0.2) is 9.78 Å². The van der Waals surface area contributed by atoms with E-state index in [2.05, 4.69) is 20.9 Å². The van der Waals surface area contributed by atoms with Crippen molar-refractivity contribution in [2.24, 2.45) is 0 Å². The predicted molar refractivity (Wildman–Crippen MR) is 196 cm³/mol. The number of carbonyl (C=O) groups is 2. The molecule has 0 aliphatic rings. The zero-order valence-corrected chi connectivity index (χ0v) is 28.6. The Morgan fingerprint density at radius 3 is 2.29 bits per heavy atom. The van der Waals surface area contributed by atoms with Gasteiger partial charge in [0.25, 0.3) is 5.91 Å². The number of nitrogens with zero attached hydrogens (tertiary/aromatic N) is 3. The first kappa shape index (κ1) is 34.6. The van der Waals surface area contributed by atoms with Gasteiger partial charge in [-0.05, 0) is 68.7 Å². The molecule has 0 bridgehead atoms. The van der Waals surface area contributed by atoms with E-state index in [-0.39, 0.29) is 5.91 Å². The van der Waals surface area contributed by atoms with Crippen LogP contribution in [0.1, 0.15) is 10.4 Å². The minimum absolute atomic E-state index is 0.192. The zero-order valence-electron chi connectivity index (χ0n) is 27.1. The lowest BCUT2D eigenvalue weighted by Crippen LogP contribution is -2.31. The van der Waals surface area contributed by atoms with Crippen molar-refractivity contribution < 1.29 is 19.1 Å². The third-order valence-electron chi connectivity index (χ3n) is 7.63. The van der Waals surface area contributed by atoms with Crippen molar-refractivity contribution in [2.45, 2.75) is 0 Å². The molecule has 0 saturated heterocycles. The number of para-hydroxylation sites is 2. The van der Waals surface area contributed by atoms with E-state index in [0.29, 0.717) is 65.3 Å². The van der Waals surface area contributed by atoms with Crippen molar-refractivity contribution in [1.82, 2.24) is 15.2 Å². The fourth-order valence-corrected chi connectivity index (χ4v) is 5.70. The maximum absolute atomic E-state index is 13.2. The second-order valence-electron chi connectivity index (χ2n) is 11.2. The van der Waals surface area contributed by atoms with E-state index in [1.165, 1.54) is 7.11 Å². The molecule has 0 aliphatic heterocycles. The molecule has 4 aromatic carbocycles. The molecule has 10 nitrogen and oxygen atoms in total. The Balaban J connectivity index is 1.40. The Morgan fingerprint density at radius 1 is 0.854 bits per heavy atom. The molecule has 12 heteroatoms. The Morgan fingerprint density at radius 2 is 1.58 bits per heavy atom. The zero-order chi connectivity index (χ0) is 34.0. The largest absolute Gasteiger partial charge is 0.495 e. The summed E-state index contributed by atoms with van der Waals surface area (Å²) in [4.78, 5) is 35.2. The average Bonchev–Trinajstić information content (AvgIpc) is 3.08. The molecular weight excluding hydrogens is 651 g/mol. The van der Waals surface area contributed by atoms with Crippen molar-refractivity contribution in [2.75, 3.05) is 74.7 Å². The van der Waals surface area contributed by atoms with Crippen molar-refractivity contribution in [3.8, 4) is 11.5 Å². The van der Waals surface area contributed by atoms with Gasteiger partial charge in [-0.3, -0.25) is 10.1 Å². The first-order valence-electron chi connectivity index (χ1n) is 15.5. The molecule has 1 heterocycles. The van der Waals surface area contributed by atoms with Crippen LogP contribution in [0.2, 0.25) is 0 Å². The van der Waals surface area contributed by atoms with Crippen molar-refractivity contribution >= 4 is 79.8 Å². The third kappa shape index (κ3) is 8.38. The van der Waals surface area contributed by atoms with E-state index >= 15 is 0 Å². The number of benzene rings is 4. The molecule has 0 unspecified atom stereocenters. The normalized spacial score (nSPS) is 11.0. The Labute approximate surface area is 289 Å². The second-order valence-corrected chi connectivity index (χ2v) is 11.9. The monoisotopic (exact) mass is 688 g/mol. The SMILES string of the molecule is COc1ccc(Nc2c3ccccc3nc3c(C(=O)NCCN(C)C)cccc23)cc1NC(=O)Oc1ccc(N(CCCl)CCCl)cc1. The third-order valence-corrected chi connectivity index (χ3v) is 7.97. The lowest BCUT2D eigenvalue weighted by Gasteiger charge is -2.22. The van der Waals surface area contributed by atoms with Gasteiger partial charge in [0.05, 0.1) is 35.1 Å². The van der Waals surface area contributed by atoms with Crippen LogP contribution in [0.5, 0.6) is 11.5 Å². The number of fused-ring (bicyclic) bond motifs is 2. The van der Waals surface area contributed by atoms with Gasteiger partial charge in [-0.2, -0.15) is 0 Å². The second kappa shape index (κ2) is 16.4. The van der Waals surface area contributed by atoms with Gasteiger partial charge in [0, 0.05) is 60.1 Å². The van der Waals surface area contributed by atoms with Crippen LogP contribution in [0.25, 0.3) is 21.8 Å². The van der Waals surface area contributed by atoms with Crippen LogP contribution in [0.4, 0.5) is 27.5 Å². The quantitative estimate of drug-likeness (QED) is 0.0823. The summed E-state index contributed by atoms with van der Waals surface area (Å²) in [5, 5.41) is 11.0. The topological polar surface area (TPSA) is 108 Å². The van der Waals surface area contributed by atoms with E-state index in [1.807, 2.05) is 73.6 Å². The minimum atomic E-state index is -0.679. The summed E-state index contributed by atoms with van der Waals surface area (Å²) in [6.07, 6.45) is -0.679. The Bertz CT molecular complexity index is 1880. The molecule has 5 aromatic rings. The number of amides is 2. The van der Waals surface area contributed by atoms with Gasteiger partial charge < -0.3 is 29.9 Å². The lowest BCUT2D eigenvalue weighted by molar-refractivity contribution is 0.0952. The van der Waals surface area contributed by atoms with E-state index < -0.39 is 6.09 Å². The molecule has 250 valence electrons. The highest BCUT2D eigenvalue weighted by atomic mass is 35.5. The first-order valence-corrected chi connectivity index (χ1v) is 16.5. The van der Waals surface area contributed by atoms with E-state index in [1.54, 1.807) is 30.3 Å². The van der Waals surface area contributed by atoms with Crippen LogP contribution in [0.3, 0.4) is 0 Å². The number of rotatable bonds is 14. The average molecular weight is 690 g/mol. The number of ether oxygens (including phenoxy) is 2. The van der Waals surface area contributed by atoms with Crippen LogP contribution in [-0.2, 0) is 0 Å². The Hall–Kier alpha value is -4.77. The van der Waals surface area contributed by atoms with Crippen molar-refractivity contribution in [1.29, 1.82) is 0 Å². The maximum atomic E-state index is 13.2. The molecule has 3 N–H and O–H groups in total. The molecule has 1 aromatic heterocycles. The predicted octanol–water partition coefficient (Wildman–Crippen LogP) is 7.33. The number of carbonyl (C=O) groups excluding carboxylic acids is 2. The highest BCUT2D eigenvalue weighted by Gasteiger charge is 2.18. The standard InChI is InChI=1S/C36H38Cl2N6O4/c1-43(2)22-19-39-35(45)29-9-6-8-28-33(27-7-4-5-10-30(27)41-34(28)29)40-24-11-16-32(47-3)31(23-24)42-36(46)48-26-14-12-25(13-15-26)44(20-17-37)21-18-38/h4-16,23H,17-22H2,1-3H3,(H,39,45)(H,40,41)(H,42,46). The molecule has 0 fully saturated rings. The number of anilines is 4. The number of aromatic nitrogens is 1. The maximum Gasteiger partial charge on any atom is 0.417 e. The molecule has 0 spiro atoms. The number of alkyl halides is 2. The van der Waals surface area contributed by atoms with Crippen LogP contribution in [0.15, 0.2) is 84.9 Å². The number of hydrogen-bond donors (Lipinski definition) is 3. The molecule has 0 saturated carbocycles. The van der Waals surface area contributed by atoms with Crippen LogP contribution < -0.4 is 30.3 Å². The minimum Gasteiger partial charge on any atom is -0.495 e. The summed E-state index contributed by atoms with van der Waals surface area (Å²) in [6, 6.07) is 25.8. The van der Waals surface area contributed by atoms with Crippen molar-refractivity contribution in [3.05, 3.63) is 90.5 Å². The number of nitrogens with one attached hydrogen (secondary N) is 3. The van der Waals surface area contributed by atoms with Gasteiger partial charge in [-0.1, -0.05) is 30.3 Å². The van der Waals surface area contributed by atoms with Crippen molar-refractivity contribution in [3.63, 3.8) is 0 Å². The summed E-state index contributed by atoms with van der Waals surface area (Å²) in [5.41, 5.74) is 4.58. The first-order chi connectivity index (χ1) is 23.3. The van der Waals surface area contributed by atoms with Gasteiger partial charge in [0.1, 0.15) is 11.5 Å². The van der Waals surface area contributed by atoms with Crippen LogP contribution in [-0.4, -0.2) is 81.0 Å². The van der Waals surface area contributed by atoms with E-state index in [4.69, 9.17) is 37.7 Å². The number of halogens is 2. The Kier molecular flexibility index (Phi) is 11.8.